The zero-order chi connectivity index (χ0) is 22.1. The minimum Gasteiger partial charge on any atom is -0.487 e. The van der Waals surface area contributed by atoms with Crippen molar-refractivity contribution in [2.45, 2.75) is 13.3 Å². The Balaban J connectivity index is 1.58. The van der Waals surface area contributed by atoms with Crippen LogP contribution in [-0.2, 0) is 11.2 Å². The van der Waals surface area contributed by atoms with Crippen molar-refractivity contribution in [2.75, 3.05) is 33.0 Å². The van der Waals surface area contributed by atoms with Gasteiger partial charge >= 0.3 is 0 Å². The summed E-state index contributed by atoms with van der Waals surface area (Å²) < 4.78 is 10.9. The second-order valence-corrected chi connectivity index (χ2v) is 7.00. The fraction of sp³-hybridized carbons (Fsp3) is 0.292. The fourth-order valence-electron chi connectivity index (χ4n) is 3.37. The molecule has 0 fully saturated rings. The predicted octanol–water partition coefficient (Wildman–Crippen LogP) is 2.59. The molecule has 0 aliphatic rings. The smallest absolute Gasteiger partial charge is 0.244 e. The van der Waals surface area contributed by atoms with Crippen molar-refractivity contribution in [1.29, 1.82) is 0 Å². The second-order valence-electron chi connectivity index (χ2n) is 7.00. The van der Waals surface area contributed by atoms with Crippen molar-refractivity contribution in [3.05, 3.63) is 65.4 Å². The molecule has 0 saturated heterocycles. The normalized spacial score (nSPS) is 11.2. The molecule has 0 bridgehead atoms. The molecule has 0 aliphatic carbocycles. The summed E-state index contributed by atoms with van der Waals surface area (Å²) in [6.07, 6.45) is 3.90. The molecule has 0 saturated carbocycles. The molecule has 4 N–H and O–H groups in total. The molecular formula is C24H28N2O5. The molecule has 3 rings (SSSR count). The molecule has 1 amide bonds. The van der Waals surface area contributed by atoms with Crippen LogP contribution in [0.4, 0.5) is 0 Å². The third-order valence-electron chi connectivity index (χ3n) is 4.79. The molecule has 1 heterocycles. The van der Waals surface area contributed by atoms with Gasteiger partial charge in [0.05, 0.1) is 13.2 Å². The minimum absolute atomic E-state index is 0.112. The van der Waals surface area contributed by atoms with Gasteiger partial charge in [0.2, 0.25) is 5.91 Å². The van der Waals surface area contributed by atoms with E-state index in [4.69, 9.17) is 19.7 Å². The van der Waals surface area contributed by atoms with Gasteiger partial charge in [0.15, 0.2) is 11.5 Å². The molecule has 0 spiro atoms. The first kappa shape index (κ1) is 22.4. The maximum Gasteiger partial charge on any atom is 0.244 e. The van der Waals surface area contributed by atoms with E-state index < -0.39 is 0 Å². The number of nitrogens with one attached hydrogen (secondary N) is 2. The van der Waals surface area contributed by atoms with Gasteiger partial charge in [-0.3, -0.25) is 4.79 Å². The lowest BCUT2D eigenvalue weighted by Crippen LogP contribution is -2.23. The van der Waals surface area contributed by atoms with Crippen LogP contribution < -0.4 is 14.8 Å². The van der Waals surface area contributed by atoms with Crippen molar-refractivity contribution in [3.63, 3.8) is 0 Å². The van der Waals surface area contributed by atoms with Crippen LogP contribution in [0.25, 0.3) is 17.0 Å². The number of aromatic amines is 1. The number of amides is 1. The van der Waals surface area contributed by atoms with Crippen molar-refractivity contribution < 1.29 is 24.5 Å². The van der Waals surface area contributed by atoms with E-state index in [9.17, 15) is 4.79 Å². The summed E-state index contributed by atoms with van der Waals surface area (Å²) in [6.45, 7) is 2.60. The van der Waals surface area contributed by atoms with Gasteiger partial charge in [-0.2, -0.15) is 0 Å². The number of ether oxygens (including phenoxy) is 2. The van der Waals surface area contributed by atoms with E-state index in [-0.39, 0.29) is 32.3 Å². The van der Waals surface area contributed by atoms with E-state index in [1.807, 2.05) is 25.1 Å². The molecule has 164 valence electrons. The van der Waals surface area contributed by atoms with Gasteiger partial charge in [-0.1, -0.05) is 24.3 Å². The van der Waals surface area contributed by atoms with Crippen LogP contribution in [0.15, 0.2) is 48.5 Å². The largest absolute Gasteiger partial charge is 0.487 e. The highest BCUT2D eigenvalue weighted by Crippen LogP contribution is 2.29. The van der Waals surface area contributed by atoms with Gasteiger partial charge in [0.25, 0.3) is 0 Å². The maximum absolute atomic E-state index is 12.2. The summed E-state index contributed by atoms with van der Waals surface area (Å²) in [5.41, 5.74) is 4.19. The third-order valence-corrected chi connectivity index (χ3v) is 4.79. The summed E-state index contributed by atoms with van der Waals surface area (Å²) >= 11 is 0. The summed E-state index contributed by atoms with van der Waals surface area (Å²) in [5.74, 6) is 0.731. The predicted molar refractivity (Wildman–Crippen MR) is 120 cm³/mol. The number of carbonyl (C=O) groups excluding carboxylic acids is 1. The Morgan fingerprint density at radius 3 is 2.58 bits per heavy atom. The Bertz CT molecular complexity index is 1040. The van der Waals surface area contributed by atoms with Crippen molar-refractivity contribution >= 4 is 22.9 Å². The molecule has 7 nitrogen and oxygen atoms in total. The summed E-state index contributed by atoms with van der Waals surface area (Å²) in [6, 6.07) is 13.4. The topological polar surface area (TPSA) is 104 Å². The average molecular weight is 424 g/mol. The van der Waals surface area contributed by atoms with Gasteiger partial charge in [0.1, 0.15) is 13.2 Å². The average Bonchev–Trinajstić information content (AvgIpc) is 3.10. The highest BCUT2D eigenvalue weighted by atomic mass is 16.5. The lowest BCUT2D eigenvalue weighted by molar-refractivity contribution is -0.116. The van der Waals surface area contributed by atoms with Gasteiger partial charge in [-0.05, 0) is 48.7 Å². The van der Waals surface area contributed by atoms with E-state index in [1.165, 1.54) is 17.0 Å². The number of rotatable bonds is 11. The van der Waals surface area contributed by atoms with E-state index in [0.29, 0.717) is 18.0 Å². The summed E-state index contributed by atoms with van der Waals surface area (Å²) in [4.78, 5) is 15.6. The number of carbonyl (C=O) groups is 1. The van der Waals surface area contributed by atoms with Crippen molar-refractivity contribution in [3.8, 4) is 11.5 Å². The summed E-state index contributed by atoms with van der Waals surface area (Å²) in [5, 5.41) is 22.0. The van der Waals surface area contributed by atoms with Crippen molar-refractivity contribution in [1.82, 2.24) is 10.3 Å². The zero-order valence-electron chi connectivity index (χ0n) is 17.6. The Kier molecular flexibility index (Phi) is 8.09. The first-order chi connectivity index (χ1) is 15.1. The number of aryl methyl sites for hydroxylation is 1. The van der Waals surface area contributed by atoms with Crippen LogP contribution in [-0.4, -0.2) is 54.1 Å². The molecule has 0 atom stereocenters. The van der Waals surface area contributed by atoms with Crippen LogP contribution in [0.5, 0.6) is 11.5 Å². The number of aliphatic hydroxyl groups excluding tert-OH is 2. The molecule has 1 aromatic heterocycles. The molecule has 0 unspecified atom stereocenters. The SMILES string of the molecule is Cc1[nH]c2ccccc2c1CCNC(=O)/C=C/c1ccc(OCCO)c(OCCO)c1. The highest BCUT2D eigenvalue weighted by Gasteiger charge is 2.08. The van der Waals surface area contributed by atoms with Gasteiger partial charge in [0, 0.05) is 29.2 Å². The summed E-state index contributed by atoms with van der Waals surface area (Å²) in [7, 11) is 0. The Hall–Kier alpha value is -3.29. The Morgan fingerprint density at radius 2 is 1.81 bits per heavy atom. The lowest BCUT2D eigenvalue weighted by Gasteiger charge is -2.12. The fourth-order valence-corrected chi connectivity index (χ4v) is 3.37. The lowest BCUT2D eigenvalue weighted by atomic mass is 10.1. The quantitative estimate of drug-likeness (QED) is 0.354. The van der Waals surface area contributed by atoms with Gasteiger partial charge in [-0.15, -0.1) is 0 Å². The zero-order valence-corrected chi connectivity index (χ0v) is 17.6. The molecule has 0 radical (unpaired) electrons. The number of aliphatic hydroxyl groups is 2. The molecule has 0 aliphatic heterocycles. The number of benzene rings is 2. The number of fused-ring (bicyclic) bond motifs is 1. The number of hydrogen-bond acceptors (Lipinski definition) is 5. The highest BCUT2D eigenvalue weighted by molar-refractivity contribution is 5.92. The van der Waals surface area contributed by atoms with Crippen molar-refractivity contribution in [2.24, 2.45) is 0 Å². The van der Waals surface area contributed by atoms with E-state index >= 15 is 0 Å². The third kappa shape index (κ3) is 6.10. The van der Waals surface area contributed by atoms with E-state index in [0.717, 1.165) is 23.2 Å². The molecule has 7 heteroatoms. The van der Waals surface area contributed by atoms with Gasteiger partial charge < -0.3 is 30.0 Å². The van der Waals surface area contributed by atoms with Crippen LogP contribution in [0.2, 0.25) is 0 Å². The molecule has 31 heavy (non-hydrogen) atoms. The Morgan fingerprint density at radius 1 is 1.06 bits per heavy atom. The number of aromatic nitrogens is 1. The first-order valence-electron chi connectivity index (χ1n) is 10.3. The first-order valence-corrected chi connectivity index (χ1v) is 10.3. The standard InChI is InChI=1S/C24H28N2O5/c1-17-19(20-4-2-3-5-21(20)26-17)10-11-25-24(29)9-7-18-6-8-22(30-14-12-27)23(16-18)31-15-13-28/h2-9,16,26-28H,10-15H2,1H3,(H,25,29)/b9-7+. The monoisotopic (exact) mass is 424 g/mol. The van der Waals surface area contributed by atoms with Crippen LogP contribution >= 0.6 is 0 Å². The number of hydrogen-bond donors (Lipinski definition) is 4. The van der Waals surface area contributed by atoms with Crippen LogP contribution in [0, 0.1) is 6.92 Å². The Labute approximate surface area is 181 Å². The number of H-pyrrole nitrogens is 1. The molecule has 3 aromatic rings. The van der Waals surface area contributed by atoms with Gasteiger partial charge in [-0.25, -0.2) is 0 Å². The second kappa shape index (κ2) is 11.2. The van der Waals surface area contributed by atoms with E-state index in [2.05, 4.69) is 16.4 Å². The molecule has 2 aromatic carbocycles. The molecular weight excluding hydrogens is 396 g/mol. The minimum atomic E-state index is -0.184. The maximum atomic E-state index is 12.2. The van der Waals surface area contributed by atoms with Crippen LogP contribution in [0.1, 0.15) is 16.8 Å². The number of para-hydroxylation sites is 1. The van der Waals surface area contributed by atoms with Crippen LogP contribution in [0.3, 0.4) is 0 Å². The van der Waals surface area contributed by atoms with E-state index in [1.54, 1.807) is 24.3 Å².